The summed E-state index contributed by atoms with van der Waals surface area (Å²) in [5.41, 5.74) is -0.0634. The van der Waals surface area contributed by atoms with E-state index in [9.17, 15) is 5.11 Å². The largest absolute Gasteiger partial charge is 0.389 e. The summed E-state index contributed by atoms with van der Waals surface area (Å²) < 4.78 is 0. The highest BCUT2D eigenvalue weighted by Crippen LogP contribution is 2.39. The highest BCUT2D eigenvalue weighted by atomic mass is 16.3. The normalized spacial score (nSPS) is 38.4. The first-order chi connectivity index (χ1) is 9.84. The summed E-state index contributed by atoms with van der Waals surface area (Å²) in [6.45, 7) is 10.2. The minimum atomic E-state index is -0.439. The lowest BCUT2D eigenvalue weighted by Gasteiger charge is -2.43. The van der Waals surface area contributed by atoms with Crippen LogP contribution in [0.25, 0.3) is 0 Å². The quantitative estimate of drug-likeness (QED) is 0.799. The maximum atomic E-state index is 10.8. The third-order valence-electron chi connectivity index (χ3n) is 6.18. The lowest BCUT2D eigenvalue weighted by atomic mass is 9.69. The van der Waals surface area contributed by atoms with Crippen LogP contribution in [-0.2, 0) is 0 Å². The summed E-state index contributed by atoms with van der Waals surface area (Å²) in [7, 11) is 0. The van der Waals surface area contributed by atoms with Crippen LogP contribution in [0.1, 0.15) is 85.5 Å². The molecule has 2 unspecified atom stereocenters. The standard InChI is InChI=1S/C19H37NO/c1-5-15-10-12-19(21,13-11-15)14-20-17-9-7-6-8-16(17)18(2,3)4/h15-17,20-21H,5-14H2,1-4H3. The fourth-order valence-electron chi connectivity index (χ4n) is 4.53. The van der Waals surface area contributed by atoms with Crippen LogP contribution >= 0.6 is 0 Å². The summed E-state index contributed by atoms with van der Waals surface area (Å²) >= 11 is 0. The molecule has 0 aliphatic heterocycles. The predicted octanol–water partition coefficient (Wildman–Crippen LogP) is 4.51. The van der Waals surface area contributed by atoms with Crippen molar-refractivity contribution in [3.63, 3.8) is 0 Å². The number of hydrogen-bond acceptors (Lipinski definition) is 2. The lowest BCUT2D eigenvalue weighted by molar-refractivity contribution is -0.0160. The van der Waals surface area contributed by atoms with Crippen molar-refractivity contribution >= 4 is 0 Å². The summed E-state index contributed by atoms with van der Waals surface area (Å²) in [6, 6.07) is 0.603. The van der Waals surface area contributed by atoms with Gasteiger partial charge in [0.25, 0.3) is 0 Å². The van der Waals surface area contributed by atoms with Gasteiger partial charge in [-0.25, -0.2) is 0 Å². The molecular weight excluding hydrogens is 258 g/mol. The van der Waals surface area contributed by atoms with Crippen molar-refractivity contribution in [1.82, 2.24) is 5.32 Å². The van der Waals surface area contributed by atoms with Crippen LogP contribution in [0.5, 0.6) is 0 Å². The minimum absolute atomic E-state index is 0.376. The van der Waals surface area contributed by atoms with Gasteiger partial charge in [0.05, 0.1) is 5.60 Å². The number of rotatable bonds is 4. The third-order valence-corrected chi connectivity index (χ3v) is 6.18. The van der Waals surface area contributed by atoms with Gasteiger partial charge in [0, 0.05) is 12.6 Å². The molecule has 21 heavy (non-hydrogen) atoms. The second-order valence-electron chi connectivity index (χ2n) is 8.82. The average molecular weight is 296 g/mol. The molecule has 0 aromatic carbocycles. The van der Waals surface area contributed by atoms with Crippen LogP contribution in [0.2, 0.25) is 0 Å². The lowest BCUT2D eigenvalue weighted by Crippen LogP contribution is -2.51. The molecule has 2 aliphatic carbocycles. The van der Waals surface area contributed by atoms with Gasteiger partial charge in [-0.1, -0.05) is 47.0 Å². The van der Waals surface area contributed by atoms with Gasteiger partial charge in [-0.3, -0.25) is 0 Å². The molecular formula is C19H37NO. The molecule has 2 nitrogen and oxygen atoms in total. The van der Waals surface area contributed by atoms with E-state index in [0.717, 1.165) is 31.2 Å². The van der Waals surface area contributed by atoms with E-state index in [4.69, 9.17) is 0 Å². The van der Waals surface area contributed by atoms with E-state index < -0.39 is 5.60 Å². The van der Waals surface area contributed by atoms with Crippen LogP contribution < -0.4 is 5.32 Å². The summed E-state index contributed by atoms with van der Waals surface area (Å²) in [4.78, 5) is 0. The van der Waals surface area contributed by atoms with Crippen molar-refractivity contribution < 1.29 is 5.11 Å². The summed E-state index contributed by atoms with van der Waals surface area (Å²) in [5, 5.41) is 14.6. The highest BCUT2D eigenvalue weighted by Gasteiger charge is 2.37. The molecule has 2 rings (SSSR count). The van der Waals surface area contributed by atoms with Gasteiger partial charge in [0.15, 0.2) is 0 Å². The third kappa shape index (κ3) is 4.69. The Morgan fingerprint density at radius 1 is 1.05 bits per heavy atom. The second kappa shape index (κ2) is 7.00. The Morgan fingerprint density at radius 3 is 2.24 bits per heavy atom. The Kier molecular flexibility index (Phi) is 5.76. The minimum Gasteiger partial charge on any atom is -0.389 e. The van der Waals surface area contributed by atoms with Crippen molar-refractivity contribution in [1.29, 1.82) is 0 Å². The summed E-state index contributed by atoms with van der Waals surface area (Å²) in [5.74, 6) is 1.60. The number of aliphatic hydroxyl groups is 1. The van der Waals surface area contributed by atoms with Crippen LogP contribution in [0.3, 0.4) is 0 Å². The van der Waals surface area contributed by atoms with Crippen molar-refractivity contribution in [3.8, 4) is 0 Å². The molecule has 2 aliphatic rings. The van der Waals surface area contributed by atoms with Crippen LogP contribution in [0.15, 0.2) is 0 Å². The van der Waals surface area contributed by atoms with Crippen LogP contribution in [0.4, 0.5) is 0 Å². The SMILES string of the molecule is CCC1CCC(O)(CNC2CCCCC2C(C)(C)C)CC1. The molecule has 2 N–H and O–H groups in total. The van der Waals surface area contributed by atoms with Gasteiger partial charge in [-0.2, -0.15) is 0 Å². The van der Waals surface area contributed by atoms with Gasteiger partial charge in [-0.15, -0.1) is 0 Å². The smallest absolute Gasteiger partial charge is 0.0771 e. The Balaban J connectivity index is 1.86. The molecule has 0 saturated heterocycles. The molecule has 0 radical (unpaired) electrons. The molecule has 2 fully saturated rings. The zero-order valence-corrected chi connectivity index (χ0v) is 14.8. The zero-order chi connectivity index (χ0) is 15.5. The first kappa shape index (κ1) is 17.3. The first-order valence-electron chi connectivity index (χ1n) is 9.30. The van der Waals surface area contributed by atoms with E-state index in [1.807, 2.05) is 0 Å². The van der Waals surface area contributed by atoms with E-state index in [1.165, 1.54) is 44.9 Å². The molecule has 0 amide bonds. The molecule has 2 heteroatoms. The number of hydrogen-bond donors (Lipinski definition) is 2. The molecule has 0 aromatic rings. The highest BCUT2D eigenvalue weighted by molar-refractivity contribution is 4.92. The maximum absolute atomic E-state index is 10.8. The van der Waals surface area contributed by atoms with E-state index in [-0.39, 0.29) is 0 Å². The fraction of sp³-hybridized carbons (Fsp3) is 1.00. The topological polar surface area (TPSA) is 32.3 Å². The van der Waals surface area contributed by atoms with Gasteiger partial charge >= 0.3 is 0 Å². The molecule has 0 spiro atoms. The number of nitrogens with one attached hydrogen (secondary N) is 1. The van der Waals surface area contributed by atoms with E-state index in [2.05, 4.69) is 33.0 Å². The maximum Gasteiger partial charge on any atom is 0.0771 e. The van der Waals surface area contributed by atoms with Crippen molar-refractivity contribution in [2.24, 2.45) is 17.3 Å². The van der Waals surface area contributed by atoms with Gasteiger partial charge < -0.3 is 10.4 Å². The van der Waals surface area contributed by atoms with Gasteiger partial charge in [0.2, 0.25) is 0 Å². The van der Waals surface area contributed by atoms with E-state index in [1.54, 1.807) is 0 Å². The van der Waals surface area contributed by atoms with Crippen LogP contribution in [-0.4, -0.2) is 23.3 Å². The Morgan fingerprint density at radius 2 is 1.67 bits per heavy atom. The molecule has 0 bridgehead atoms. The molecule has 0 heterocycles. The Labute approximate surface area is 132 Å². The van der Waals surface area contributed by atoms with Crippen molar-refractivity contribution in [3.05, 3.63) is 0 Å². The van der Waals surface area contributed by atoms with E-state index >= 15 is 0 Å². The fourth-order valence-corrected chi connectivity index (χ4v) is 4.53. The Hall–Kier alpha value is -0.0800. The van der Waals surface area contributed by atoms with E-state index in [0.29, 0.717) is 11.5 Å². The first-order valence-corrected chi connectivity index (χ1v) is 9.30. The predicted molar refractivity (Wildman–Crippen MR) is 90.4 cm³/mol. The van der Waals surface area contributed by atoms with Crippen molar-refractivity contribution in [2.45, 2.75) is 97.1 Å². The second-order valence-corrected chi connectivity index (χ2v) is 8.82. The monoisotopic (exact) mass is 295 g/mol. The molecule has 0 aromatic heterocycles. The molecule has 124 valence electrons. The molecule has 2 atom stereocenters. The van der Waals surface area contributed by atoms with Gasteiger partial charge in [0.1, 0.15) is 0 Å². The Bertz CT molecular complexity index is 312. The van der Waals surface area contributed by atoms with Gasteiger partial charge in [-0.05, 0) is 55.8 Å². The molecule has 2 saturated carbocycles. The summed E-state index contributed by atoms with van der Waals surface area (Å²) in [6.07, 6.45) is 11.0. The zero-order valence-electron chi connectivity index (χ0n) is 14.8. The van der Waals surface area contributed by atoms with Crippen LogP contribution in [0, 0.1) is 17.3 Å². The average Bonchev–Trinajstić information content (AvgIpc) is 2.45. The van der Waals surface area contributed by atoms with Crippen molar-refractivity contribution in [2.75, 3.05) is 6.54 Å².